The Morgan fingerprint density at radius 2 is 2.04 bits per heavy atom. The number of sulfone groups is 1. The quantitative estimate of drug-likeness (QED) is 0.532. The average Bonchev–Trinajstić information content (AvgIpc) is 3.00. The van der Waals surface area contributed by atoms with Gasteiger partial charge in [-0.2, -0.15) is 0 Å². The van der Waals surface area contributed by atoms with Crippen molar-refractivity contribution in [3.63, 3.8) is 0 Å². The van der Waals surface area contributed by atoms with E-state index in [1.807, 2.05) is 0 Å². The van der Waals surface area contributed by atoms with Crippen molar-refractivity contribution in [2.45, 2.75) is 17.8 Å². The summed E-state index contributed by atoms with van der Waals surface area (Å²) < 4.78 is 29.8. The number of aromatic nitrogens is 4. The zero-order valence-corrected chi connectivity index (χ0v) is 14.6. The molecule has 1 N–H and O–H groups in total. The first kappa shape index (κ1) is 17.3. The highest BCUT2D eigenvalue weighted by molar-refractivity contribution is 7.90. The number of rotatable bonds is 5. The number of ether oxygens (including phenoxy) is 1. The number of aromatic amines is 1. The van der Waals surface area contributed by atoms with Crippen LogP contribution in [0.2, 0.25) is 5.15 Å². The molecule has 0 fully saturated rings. The second-order valence-corrected chi connectivity index (χ2v) is 7.29. The molecule has 0 atom stereocenters. The summed E-state index contributed by atoms with van der Waals surface area (Å²) in [6.45, 7) is 1.83. The Balaban J connectivity index is 1.88. The third kappa shape index (κ3) is 3.62. The first-order valence-corrected chi connectivity index (χ1v) is 9.30. The zero-order chi connectivity index (χ0) is 18.0. The summed E-state index contributed by atoms with van der Waals surface area (Å²) in [5.74, 6) is -1.21. The van der Waals surface area contributed by atoms with Crippen LogP contribution < -0.4 is 0 Å². The van der Waals surface area contributed by atoms with Crippen molar-refractivity contribution in [1.29, 1.82) is 0 Å². The number of nitrogens with one attached hydrogen (secondary N) is 1. The Bertz CT molecular complexity index is 1020. The van der Waals surface area contributed by atoms with Gasteiger partial charge in [0.25, 0.3) is 0 Å². The number of carbonyl (C=O) groups excluding carboxylic acids is 1. The lowest BCUT2D eigenvalue weighted by Crippen LogP contribution is -2.12. The SMILES string of the molecule is CCOC(=O)c1cnc(CS(=O)(=O)c2nc3ccccc3[nH]2)nc1Cl. The molecule has 0 spiro atoms. The molecule has 0 amide bonds. The number of benzene rings is 1. The van der Waals surface area contributed by atoms with E-state index in [2.05, 4.69) is 19.9 Å². The van der Waals surface area contributed by atoms with Gasteiger partial charge in [0.05, 0.1) is 17.6 Å². The molecule has 2 heterocycles. The summed E-state index contributed by atoms with van der Waals surface area (Å²) in [5, 5.41) is -0.342. The van der Waals surface area contributed by atoms with Crippen molar-refractivity contribution >= 4 is 38.4 Å². The Kier molecular flexibility index (Phi) is 4.69. The fourth-order valence-electron chi connectivity index (χ4n) is 2.13. The smallest absolute Gasteiger partial charge is 0.342 e. The molecule has 10 heteroatoms. The van der Waals surface area contributed by atoms with Gasteiger partial charge in [0.1, 0.15) is 22.3 Å². The number of H-pyrrole nitrogens is 1. The zero-order valence-electron chi connectivity index (χ0n) is 13.1. The molecule has 0 aliphatic heterocycles. The second kappa shape index (κ2) is 6.77. The molecule has 0 aliphatic rings. The number of halogens is 1. The lowest BCUT2D eigenvalue weighted by atomic mass is 10.3. The average molecular weight is 381 g/mol. The molecule has 0 saturated heterocycles. The lowest BCUT2D eigenvalue weighted by Gasteiger charge is -2.05. The van der Waals surface area contributed by atoms with Crippen LogP contribution in [-0.2, 0) is 20.3 Å². The van der Waals surface area contributed by atoms with Gasteiger partial charge in [-0.1, -0.05) is 23.7 Å². The highest BCUT2D eigenvalue weighted by atomic mass is 35.5. The molecule has 8 nitrogen and oxygen atoms in total. The van der Waals surface area contributed by atoms with Gasteiger partial charge >= 0.3 is 5.97 Å². The molecule has 3 aromatic rings. The molecule has 0 radical (unpaired) electrons. The number of hydrogen-bond donors (Lipinski definition) is 1. The Labute approximate surface area is 148 Å². The van der Waals surface area contributed by atoms with Crippen LogP contribution in [0.15, 0.2) is 35.6 Å². The number of imidazole rings is 1. The van der Waals surface area contributed by atoms with E-state index in [4.69, 9.17) is 16.3 Å². The van der Waals surface area contributed by atoms with Gasteiger partial charge in [-0.05, 0) is 19.1 Å². The largest absolute Gasteiger partial charge is 0.462 e. The fourth-order valence-corrected chi connectivity index (χ4v) is 3.47. The van der Waals surface area contributed by atoms with E-state index < -0.39 is 21.6 Å². The van der Waals surface area contributed by atoms with E-state index in [0.29, 0.717) is 11.0 Å². The monoisotopic (exact) mass is 380 g/mol. The number of esters is 1. The van der Waals surface area contributed by atoms with Crippen molar-refractivity contribution in [2.24, 2.45) is 0 Å². The molecule has 3 rings (SSSR count). The number of nitrogens with zero attached hydrogens (tertiary/aromatic N) is 3. The predicted molar refractivity (Wildman–Crippen MR) is 90.0 cm³/mol. The summed E-state index contributed by atoms with van der Waals surface area (Å²) in [5.41, 5.74) is 1.13. The normalized spacial score (nSPS) is 11.6. The molecule has 2 aromatic heterocycles. The van der Waals surface area contributed by atoms with E-state index in [0.717, 1.165) is 6.20 Å². The lowest BCUT2D eigenvalue weighted by molar-refractivity contribution is 0.0525. The first-order valence-electron chi connectivity index (χ1n) is 7.26. The third-order valence-electron chi connectivity index (χ3n) is 3.27. The van der Waals surface area contributed by atoms with Crippen LogP contribution in [-0.4, -0.2) is 40.9 Å². The molecule has 1 aromatic carbocycles. The first-order chi connectivity index (χ1) is 11.9. The number of hydrogen-bond acceptors (Lipinski definition) is 7. The van der Waals surface area contributed by atoms with Crippen LogP contribution in [0.5, 0.6) is 0 Å². The Morgan fingerprint density at radius 1 is 1.28 bits per heavy atom. The van der Waals surface area contributed by atoms with Crippen LogP contribution in [0.25, 0.3) is 11.0 Å². The van der Waals surface area contributed by atoms with Crippen molar-refractivity contribution in [3.8, 4) is 0 Å². The summed E-state index contributed by atoms with van der Waals surface area (Å²) in [7, 11) is -3.80. The standard InChI is InChI=1S/C15H13ClN4O4S/c1-2-24-14(21)9-7-17-12(20-13(9)16)8-25(22,23)15-18-10-5-3-4-6-11(10)19-15/h3-7H,2,8H2,1H3,(H,18,19). The topological polar surface area (TPSA) is 115 Å². The van der Waals surface area contributed by atoms with Gasteiger partial charge < -0.3 is 9.72 Å². The minimum absolute atomic E-state index is 0.0200. The van der Waals surface area contributed by atoms with E-state index in [1.54, 1.807) is 31.2 Å². The van der Waals surface area contributed by atoms with E-state index in [-0.39, 0.29) is 28.3 Å². The molecule has 0 bridgehead atoms. The van der Waals surface area contributed by atoms with Gasteiger partial charge in [0.2, 0.25) is 15.0 Å². The molecular formula is C15H13ClN4O4S. The Hall–Kier alpha value is -2.52. The summed E-state index contributed by atoms with van der Waals surface area (Å²) in [6.07, 6.45) is 1.15. The summed E-state index contributed by atoms with van der Waals surface area (Å²) >= 11 is 5.93. The van der Waals surface area contributed by atoms with Crippen molar-refractivity contribution < 1.29 is 17.9 Å². The van der Waals surface area contributed by atoms with Gasteiger partial charge in [-0.15, -0.1) is 0 Å². The van der Waals surface area contributed by atoms with E-state index >= 15 is 0 Å². The van der Waals surface area contributed by atoms with Gasteiger partial charge in [-0.3, -0.25) is 0 Å². The minimum Gasteiger partial charge on any atom is -0.462 e. The number of para-hydroxylation sites is 2. The van der Waals surface area contributed by atoms with Gasteiger partial charge in [0.15, 0.2) is 0 Å². The van der Waals surface area contributed by atoms with Crippen molar-refractivity contribution in [2.75, 3.05) is 6.61 Å². The maximum atomic E-state index is 12.5. The van der Waals surface area contributed by atoms with Crippen LogP contribution in [0.4, 0.5) is 0 Å². The third-order valence-corrected chi connectivity index (χ3v) is 4.98. The Morgan fingerprint density at radius 3 is 2.72 bits per heavy atom. The van der Waals surface area contributed by atoms with Gasteiger partial charge in [-0.25, -0.2) is 28.2 Å². The summed E-state index contributed by atoms with van der Waals surface area (Å²) in [6, 6.07) is 6.96. The fraction of sp³-hybridized carbons (Fsp3) is 0.200. The van der Waals surface area contributed by atoms with E-state index in [1.165, 1.54) is 0 Å². The molecule has 25 heavy (non-hydrogen) atoms. The second-order valence-electron chi connectivity index (χ2n) is 5.03. The predicted octanol–water partition coefficient (Wildman–Crippen LogP) is 2.16. The molecule has 0 saturated carbocycles. The maximum Gasteiger partial charge on any atom is 0.342 e. The minimum atomic E-state index is -3.80. The number of carbonyl (C=O) groups is 1. The highest BCUT2D eigenvalue weighted by Crippen LogP contribution is 2.19. The summed E-state index contributed by atoms with van der Waals surface area (Å²) in [4.78, 5) is 26.2. The van der Waals surface area contributed by atoms with Gasteiger partial charge in [0, 0.05) is 6.20 Å². The molecule has 0 aliphatic carbocycles. The maximum absolute atomic E-state index is 12.5. The van der Waals surface area contributed by atoms with Crippen LogP contribution in [0.3, 0.4) is 0 Å². The molecule has 0 unspecified atom stereocenters. The van der Waals surface area contributed by atoms with Crippen molar-refractivity contribution in [1.82, 2.24) is 19.9 Å². The van der Waals surface area contributed by atoms with Crippen LogP contribution in [0.1, 0.15) is 23.1 Å². The van der Waals surface area contributed by atoms with Crippen LogP contribution in [0, 0.1) is 0 Å². The molecular weight excluding hydrogens is 368 g/mol. The van der Waals surface area contributed by atoms with Crippen molar-refractivity contribution in [3.05, 3.63) is 47.0 Å². The molecule has 130 valence electrons. The van der Waals surface area contributed by atoms with Crippen LogP contribution >= 0.6 is 11.6 Å². The highest BCUT2D eigenvalue weighted by Gasteiger charge is 2.23. The van der Waals surface area contributed by atoms with E-state index in [9.17, 15) is 13.2 Å². The number of fused-ring (bicyclic) bond motifs is 1.